The third kappa shape index (κ3) is 1.89. The molecule has 0 saturated heterocycles. The first-order chi connectivity index (χ1) is 5.75. The van der Waals surface area contributed by atoms with Gasteiger partial charge >= 0.3 is 18.0 Å². The van der Waals surface area contributed by atoms with E-state index in [2.05, 4.69) is 11.6 Å². The van der Waals surface area contributed by atoms with E-state index in [0.717, 1.165) is 0 Å². The summed E-state index contributed by atoms with van der Waals surface area (Å²) in [5.41, 5.74) is 0. The molecule has 0 aliphatic carbocycles. The number of rotatable bonds is 2. The Labute approximate surface area is 77.8 Å². The predicted octanol–water partition coefficient (Wildman–Crippen LogP) is 3.74. The fourth-order valence-electron chi connectivity index (χ4n) is 0.454. The molecule has 0 saturated carbocycles. The Hall–Kier alpha value is -0.270. The van der Waals surface area contributed by atoms with E-state index in [0.29, 0.717) is 0 Å². The average Bonchev–Trinajstić information content (AvgIpc) is 1.81. The second-order valence-electron chi connectivity index (χ2n) is 2.53. The predicted molar refractivity (Wildman–Crippen MR) is 31.3 cm³/mol. The van der Waals surface area contributed by atoms with Gasteiger partial charge in [0, 0.05) is 0 Å². The molecule has 0 heterocycles. The van der Waals surface area contributed by atoms with Gasteiger partial charge in [-0.05, 0) is 6.92 Å². The Morgan fingerprint density at radius 3 is 1.07 bits per heavy atom. The zero-order valence-corrected chi connectivity index (χ0v) is 7.16. The van der Waals surface area contributed by atoms with E-state index < -0.39 is 23.1 Å². The normalized spacial score (nSPS) is 19.3. The zero-order chi connectivity index (χ0) is 12.0. The maximum Gasteiger partial charge on any atom is 0.460 e. The lowest BCUT2D eigenvalue weighted by atomic mass is 10.1. The van der Waals surface area contributed by atoms with Gasteiger partial charge in [0.25, 0.3) is 0 Å². The summed E-state index contributed by atoms with van der Waals surface area (Å²) in [5.74, 6) is -12.6. The van der Waals surface area contributed by atoms with Crippen molar-refractivity contribution in [3.05, 3.63) is 0 Å². The van der Waals surface area contributed by atoms with Gasteiger partial charge in [-0.1, -0.05) is 11.6 Å². The summed E-state index contributed by atoms with van der Waals surface area (Å²) in [5, 5.41) is -4.49. The summed E-state index contributed by atoms with van der Waals surface area (Å²) in [7, 11) is 0. The summed E-state index contributed by atoms with van der Waals surface area (Å²) >= 11 is 4.12. The van der Waals surface area contributed by atoms with Crippen LogP contribution in [0.2, 0.25) is 0 Å². The van der Waals surface area contributed by atoms with Crippen LogP contribution in [-0.2, 0) is 0 Å². The molecule has 9 heteroatoms. The summed E-state index contributed by atoms with van der Waals surface area (Å²) in [6.07, 6.45) is -6.57. The van der Waals surface area contributed by atoms with Crippen molar-refractivity contribution in [1.82, 2.24) is 0 Å². The van der Waals surface area contributed by atoms with E-state index in [4.69, 9.17) is 0 Å². The fourth-order valence-corrected chi connectivity index (χ4v) is 0.572. The number of hydrogen-bond donors (Lipinski definition) is 0. The van der Waals surface area contributed by atoms with Crippen molar-refractivity contribution in [2.75, 3.05) is 0 Å². The molecule has 0 rings (SSSR count). The van der Waals surface area contributed by atoms with Crippen molar-refractivity contribution in [3.8, 4) is 0 Å². The molecule has 0 aliphatic heterocycles. The maximum atomic E-state index is 12.2. The lowest BCUT2D eigenvalue weighted by Crippen LogP contribution is -2.59. The summed E-state index contributed by atoms with van der Waals surface area (Å²) < 4.78 is 94.9. The second kappa shape index (κ2) is 3.11. The van der Waals surface area contributed by atoms with Gasteiger partial charge in [0.05, 0.1) is 0 Å². The molecule has 0 aromatic rings. The van der Waals surface area contributed by atoms with E-state index >= 15 is 0 Å². The largest absolute Gasteiger partial charge is 0.460 e. The highest BCUT2D eigenvalue weighted by Gasteiger charge is 2.79. The van der Waals surface area contributed by atoms with Gasteiger partial charge in [-0.3, -0.25) is 0 Å². The van der Waals surface area contributed by atoms with E-state index in [-0.39, 0.29) is 6.92 Å². The Morgan fingerprint density at radius 1 is 0.714 bits per heavy atom. The van der Waals surface area contributed by atoms with Crippen LogP contribution in [0.1, 0.15) is 6.92 Å². The minimum atomic E-state index is -6.57. The van der Waals surface area contributed by atoms with Gasteiger partial charge in [-0.15, -0.1) is 0 Å². The number of alkyl halides is 9. The molecular weight excluding hydrogens is 247 g/mol. The molecule has 0 radical (unpaired) electrons. The Morgan fingerprint density at radius 2 is 1.00 bits per heavy atom. The third-order valence-electron chi connectivity index (χ3n) is 1.30. The lowest BCUT2D eigenvalue weighted by Gasteiger charge is -2.32. The van der Waals surface area contributed by atoms with Crippen molar-refractivity contribution in [1.29, 1.82) is 0 Å². The van der Waals surface area contributed by atoms with Gasteiger partial charge in [-0.2, -0.15) is 30.7 Å². The molecule has 14 heavy (non-hydrogen) atoms. The quantitative estimate of drug-likeness (QED) is 0.517. The van der Waals surface area contributed by atoms with Gasteiger partial charge in [0.1, 0.15) is 0 Å². The first-order valence-corrected chi connectivity index (χ1v) is 3.33. The highest BCUT2D eigenvalue weighted by molar-refractivity contribution is 6.23. The standard InChI is InChI=1S/C5H3ClF8/c1-2(6,7)3(8,9)4(10,11)5(12,13)14/h1H3. The highest BCUT2D eigenvalue weighted by atomic mass is 35.5. The topological polar surface area (TPSA) is 0 Å². The van der Waals surface area contributed by atoms with Crippen LogP contribution in [0.5, 0.6) is 0 Å². The molecular formula is C5H3ClF8. The van der Waals surface area contributed by atoms with Crippen LogP contribution in [0.3, 0.4) is 0 Å². The monoisotopic (exact) mass is 250 g/mol. The maximum absolute atomic E-state index is 12.2. The van der Waals surface area contributed by atoms with Gasteiger partial charge < -0.3 is 0 Å². The molecule has 0 aliphatic rings. The van der Waals surface area contributed by atoms with Gasteiger partial charge in [0.15, 0.2) is 0 Å². The van der Waals surface area contributed by atoms with Gasteiger partial charge in [-0.25, -0.2) is 4.39 Å². The van der Waals surface area contributed by atoms with Crippen LogP contribution >= 0.6 is 11.6 Å². The SMILES string of the molecule is CC(F)(Cl)C(F)(F)C(F)(F)C(F)(F)F. The fraction of sp³-hybridized carbons (Fsp3) is 1.00. The Bertz CT molecular complexity index is 187. The van der Waals surface area contributed by atoms with Crippen molar-refractivity contribution in [2.24, 2.45) is 0 Å². The van der Waals surface area contributed by atoms with Gasteiger partial charge in [0.2, 0.25) is 5.13 Å². The third-order valence-corrected chi connectivity index (χ3v) is 1.54. The second-order valence-corrected chi connectivity index (χ2v) is 3.24. The van der Waals surface area contributed by atoms with E-state index in [1.807, 2.05) is 0 Å². The molecule has 0 amide bonds. The number of hydrogen-bond acceptors (Lipinski definition) is 0. The van der Waals surface area contributed by atoms with Crippen LogP contribution in [0.4, 0.5) is 35.1 Å². The Kier molecular flexibility index (Phi) is 3.05. The van der Waals surface area contributed by atoms with Crippen molar-refractivity contribution in [2.45, 2.75) is 30.1 Å². The van der Waals surface area contributed by atoms with E-state index in [9.17, 15) is 35.1 Å². The lowest BCUT2D eigenvalue weighted by molar-refractivity contribution is -0.369. The average molecular weight is 251 g/mol. The summed E-state index contributed by atoms with van der Waals surface area (Å²) in [6, 6.07) is 0. The molecule has 0 nitrogen and oxygen atoms in total. The molecule has 0 fully saturated rings. The molecule has 1 atom stereocenters. The highest BCUT2D eigenvalue weighted by Crippen LogP contribution is 2.53. The first-order valence-electron chi connectivity index (χ1n) is 2.95. The zero-order valence-electron chi connectivity index (χ0n) is 6.40. The molecule has 0 aromatic carbocycles. The summed E-state index contributed by atoms with van der Waals surface area (Å²) in [6.45, 7) is -0.284. The first kappa shape index (κ1) is 13.7. The molecule has 0 N–H and O–H groups in total. The Balaban J connectivity index is 5.30. The van der Waals surface area contributed by atoms with Crippen LogP contribution in [0, 0.1) is 0 Å². The van der Waals surface area contributed by atoms with Crippen LogP contribution < -0.4 is 0 Å². The smallest absolute Gasteiger partial charge is 0.220 e. The van der Waals surface area contributed by atoms with Crippen molar-refractivity contribution >= 4 is 11.6 Å². The minimum absolute atomic E-state index is 0.284. The van der Waals surface area contributed by atoms with Crippen LogP contribution in [0.25, 0.3) is 0 Å². The number of halogens is 9. The van der Waals surface area contributed by atoms with Crippen molar-refractivity contribution in [3.63, 3.8) is 0 Å². The van der Waals surface area contributed by atoms with E-state index in [1.165, 1.54) is 0 Å². The summed E-state index contributed by atoms with van der Waals surface area (Å²) in [4.78, 5) is 0. The van der Waals surface area contributed by atoms with Crippen molar-refractivity contribution < 1.29 is 35.1 Å². The minimum Gasteiger partial charge on any atom is -0.220 e. The van der Waals surface area contributed by atoms with Crippen LogP contribution in [0.15, 0.2) is 0 Å². The van der Waals surface area contributed by atoms with E-state index in [1.54, 1.807) is 0 Å². The molecule has 86 valence electrons. The molecule has 0 aromatic heterocycles. The molecule has 1 unspecified atom stereocenters. The van der Waals surface area contributed by atoms with Crippen LogP contribution in [-0.4, -0.2) is 23.1 Å². The molecule has 0 spiro atoms. The molecule has 0 bridgehead atoms.